The van der Waals surface area contributed by atoms with Gasteiger partial charge in [-0.1, -0.05) is 57.2 Å². The minimum atomic E-state index is -4.01. The van der Waals surface area contributed by atoms with E-state index in [9.17, 15) is 18.0 Å². The summed E-state index contributed by atoms with van der Waals surface area (Å²) in [6.45, 7) is 9.95. The number of sulfonamides is 1. The molecular formula is C37H43N5O6S. The first-order chi connectivity index (χ1) is 23.3. The van der Waals surface area contributed by atoms with Crippen molar-refractivity contribution in [3.05, 3.63) is 78.1 Å². The largest absolute Gasteiger partial charge is 0.492 e. The predicted molar refractivity (Wildman–Crippen MR) is 193 cm³/mol. The van der Waals surface area contributed by atoms with Gasteiger partial charge in [-0.2, -0.15) is 0 Å². The molecule has 0 atom stereocenters. The molecule has 12 heteroatoms. The molecule has 0 bridgehead atoms. The Morgan fingerprint density at radius 1 is 0.980 bits per heavy atom. The molecule has 1 aromatic heterocycles. The van der Waals surface area contributed by atoms with Gasteiger partial charge in [0.2, 0.25) is 15.9 Å². The number of carbonyl (C=O) groups is 2. The van der Waals surface area contributed by atoms with Gasteiger partial charge in [-0.25, -0.2) is 17.5 Å². The fourth-order valence-corrected chi connectivity index (χ4v) is 7.03. The maximum atomic E-state index is 13.6. The lowest BCUT2D eigenvalue weighted by Crippen LogP contribution is -2.38. The van der Waals surface area contributed by atoms with E-state index in [0.717, 1.165) is 76.6 Å². The average Bonchev–Trinajstić information content (AvgIpc) is 3.91. The van der Waals surface area contributed by atoms with Crippen molar-refractivity contribution in [3.63, 3.8) is 0 Å². The molecule has 3 amide bonds. The molecule has 2 N–H and O–H groups in total. The quantitative estimate of drug-likeness (QED) is 0.208. The molecule has 0 radical (unpaired) electrons. The average molecular weight is 686 g/mol. The number of urea groups is 1. The number of methoxy groups -OCH3 is 1. The fraction of sp³-hybridized carbons (Fsp3) is 0.378. The first-order valence-electron chi connectivity index (χ1n) is 16.5. The number of morpholine rings is 1. The Labute approximate surface area is 287 Å². The third-order valence-electron chi connectivity index (χ3n) is 8.86. The number of pyridine rings is 1. The Morgan fingerprint density at radius 2 is 1.67 bits per heavy atom. The van der Waals surface area contributed by atoms with Crippen LogP contribution in [0.3, 0.4) is 0 Å². The number of hydrogen-bond donors (Lipinski definition) is 2. The van der Waals surface area contributed by atoms with Crippen molar-refractivity contribution in [2.45, 2.75) is 45.6 Å². The monoisotopic (exact) mass is 685 g/mol. The molecular weight excluding hydrogens is 643 g/mol. The van der Waals surface area contributed by atoms with Crippen LogP contribution in [0.2, 0.25) is 0 Å². The van der Waals surface area contributed by atoms with Crippen LogP contribution in [0.4, 0.5) is 21.9 Å². The van der Waals surface area contributed by atoms with Crippen molar-refractivity contribution in [1.29, 1.82) is 0 Å². The van der Waals surface area contributed by atoms with E-state index in [0.29, 0.717) is 18.5 Å². The normalized spacial score (nSPS) is 15.5. The summed E-state index contributed by atoms with van der Waals surface area (Å²) in [6.07, 6.45) is 4.14. The molecule has 2 aliphatic rings. The summed E-state index contributed by atoms with van der Waals surface area (Å²) < 4.78 is 38.0. The third-order valence-corrected chi connectivity index (χ3v) is 9.90. The fourth-order valence-electron chi connectivity index (χ4n) is 6.06. The number of aromatic nitrogens is 1. The van der Waals surface area contributed by atoms with Crippen molar-refractivity contribution < 1.29 is 27.5 Å². The number of fused-ring (bicyclic) bond motifs is 1. The van der Waals surface area contributed by atoms with Gasteiger partial charge in [0.15, 0.2) is 5.75 Å². The lowest BCUT2D eigenvalue weighted by molar-refractivity contribution is -0.118. The molecule has 11 nitrogen and oxygen atoms in total. The maximum absolute atomic E-state index is 13.6. The van der Waals surface area contributed by atoms with Gasteiger partial charge >= 0.3 is 6.03 Å². The van der Waals surface area contributed by atoms with Crippen molar-refractivity contribution in [2.75, 3.05) is 54.6 Å². The standard InChI is InChI=1S/C37H43N5O6S/c1-37(2,3)26-20-32(34(47-4)33(21-26)42(49(5,45)46)35(43)24-10-11-24)40-36(44)39-31-15-14-28(29-8-6-7-9-30(29)31)25-12-13-27(38-22-25)23-41-16-18-48-19-17-41/h6-9,12-15,20-22,24H,10-11,16-19,23H2,1-5H3,(H2,39,40,44). The van der Waals surface area contributed by atoms with Crippen molar-refractivity contribution in [2.24, 2.45) is 5.92 Å². The summed E-state index contributed by atoms with van der Waals surface area (Å²) >= 11 is 0. The van der Waals surface area contributed by atoms with Crippen LogP contribution < -0.4 is 19.7 Å². The summed E-state index contributed by atoms with van der Waals surface area (Å²) in [5.74, 6) is -0.791. The number of nitrogens with zero attached hydrogens (tertiary/aromatic N) is 3. The Hall–Kier alpha value is -4.52. The first kappa shape index (κ1) is 34.3. The molecule has 258 valence electrons. The summed E-state index contributed by atoms with van der Waals surface area (Å²) in [7, 11) is -2.62. The van der Waals surface area contributed by atoms with E-state index < -0.39 is 27.4 Å². The second-order valence-corrected chi connectivity index (χ2v) is 15.5. The van der Waals surface area contributed by atoms with Crippen LogP contribution in [-0.2, 0) is 31.5 Å². The zero-order valence-corrected chi connectivity index (χ0v) is 29.4. The molecule has 49 heavy (non-hydrogen) atoms. The lowest BCUT2D eigenvalue weighted by Gasteiger charge is -2.28. The van der Waals surface area contributed by atoms with Crippen LogP contribution in [0, 0.1) is 5.92 Å². The Kier molecular flexibility index (Phi) is 9.65. The second kappa shape index (κ2) is 13.8. The highest BCUT2D eigenvalue weighted by atomic mass is 32.2. The molecule has 1 aliphatic heterocycles. The van der Waals surface area contributed by atoms with Crippen LogP contribution in [0.5, 0.6) is 5.75 Å². The highest BCUT2D eigenvalue weighted by Crippen LogP contribution is 2.44. The lowest BCUT2D eigenvalue weighted by atomic mass is 9.86. The zero-order chi connectivity index (χ0) is 34.9. The molecule has 0 spiro atoms. The van der Waals surface area contributed by atoms with Crippen LogP contribution in [0.15, 0.2) is 66.9 Å². The van der Waals surface area contributed by atoms with E-state index in [1.807, 2.05) is 63.4 Å². The molecule has 4 aromatic rings. The Morgan fingerprint density at radius 3 is 2.29 bits per heavy atom. The molecule has 1 aliphatic carbocycles. The zero-order valence-electron chi connectivity index (χ0n) is 28.6. The summed E-state index contributed by atoms with van der Waals surface area (Å²) in [5.41, 5.74) is 4.12. The third kappa shape index (κ3) is 7.71. The topological polar surface area (TPSA) is 130 Å². The van der Waals surface area contributed by atoms with E-state index in [1.54, 1.807) is 12.1 Å². The van der Waals surface area contributed by atoms with Gasteiger partial charge in [-0.05, 0) is 59.0 Å². The summed E-state index contributed by atoms with van der Waals surface area (Å²) in [5, 5.41) is 7.62. The van der Waals surface area contributed by atoms with Crippen LogP contribution >= 0.6 is 0 Å². The van der Waals surface area contributed by atoms with Gasteiger partial charge in [0, 0.05) is 42.7 Å². The Balaban J connectivity index is 1.29. The molecule has 1 saturated carbocycles. The molecule has 3 aromatic carbocycles. The van der Waals surface area contributed by atoms with Crippen molar-refractivity contribution in [1.82, 2.24) is 9.88 Å². The second-order valence-electron chi connectivity index (χ2n) is 13.7. The number of carbonyl (C=O) groups excluding carboxylic acids is 2. The smallest absolute Gasteiger partial charge is 0.323 e. The summed E-state index contributed by atoms with van der Waals surface area (Å²) in [4.78, 5) is 34.0. The van der Waals surface area contributed by atoms with Gasteiger partial charge in [-0.3, -0.25) is 14.7 Å². The number of anilines is 3. The van der Waals surface area contributed by atoms with Gasteiger partial charge in [0.1, 0.15) is 5.69 Å². The van der Waals surface area contributed by atoms with Crippen molar-refractivity contribution >= 4 is 49.8 Å². The van der Waals surface area contributed by atoms with Gasteiger partial charge in [0.05, 0.1) is 43.6 Å². The number of hydrogen-bond acceptors (Lipinski definition) is 8. The van der Waals surface area contributed by atoms with Crippen molar-refractivity contribution in [3.8, 4) is 16.9 Å². The van der Waals surface area contributed by atoms with E-state index in [2.05, 4.69) is 27.7 Å². The van der Waals surface area contributed by atoms with Gasteiger partial charge in [0.25, 0.3) is 0 Å². The van der Waals surface area contributed by atoms with Gasteiger partial charge < -0.3 is 20.1 Å². The Bertz CT molecular complexity index is 1980. The number of ether oxygens (including phenoxy) is 2. The van der Waals surface area contributed by atoms with Crippen LogP contribution in [0.25, 0.3) is 21.9 Å². The summed E-state index contributed by atoms with van der Waals surface area (Å²) in [6, 6.07) is 18.6. The SMILES string of the molecule is COc1c(NC(=O)Nc2ccc(-c3ccc(CN4CCOCC4)nc3)c3ccccc23)cc(C(C)(C)C)cc1N(C(=O)C1CC1)S(C)(=O)=O. The number of rotatable bonds is 9. The van der Waals surface area contributed by atoms with E-state index in [4.69, 9.17) is 14.5 Å². The number of amides is 3. The predicted octanol–water partition coefficient (Wildman–Crippen LogP) is 6.39. The molecule has 0 unspecified atom stereocenters. The molecule has 1 saturated heterocycles. The van der Waals surface area contributed by atoms with Gasteiger partial charge in [-0.15, -0.1) is 0 Å². The van der Waals surface area contributed by atoms with E-state index in [1.165, 1.54) is 7.11 Å². The number of benzene rings is 3. The highest BCUT2D eigenvalue weighted by molar-refractivity contribution is 7.92. The molecule has 2 heterocycles. The van der Waals surface area contributed by atoms with E-state index in [-0.39, 0.29) is 23.0 Å². The maximum Gasteiger partial charge on any atom is 0.323 e. The minimum Gasteiger partial charge on any atom is -0.492 e. The first-order valence-corrected chi connectivity index (χ1v) is 18.3. The molecule has 2 fully saturated rings. The molecule has 6 rings (SSSR count). The van der Waals surface area contributed by atoms with E-state index >= 15 is 0 Å². The number of nitrogens with one attached hydrogen (secondary N) is 2. The highest BCUT2D eigenvalue weighted by Gasteiger charge is 2.40. The minimum absolute atomic E-state index is 0.0731. The van der Waals surface area contributed by atoms with Crippen LogP contribution in [0.1, 0.15) is 44.9 Å². The van der Waals surface area contributed by atoms with Crippen LogP contribution in [-0.4, -0.2) is 69.9 Å².